The largest absolute Gasteiger partial charge is 0.462 e. The minimum atomic E-state index is -0.392. The predicted octanol–water partition coefficient (Wildman–Crippen LogP) is 2.29. The second-order valence-electron chi connectivity index (χ2n) is 4.15. The summed E-state index contributed by atoms with van der Waals surface area (Å²) in [5.74, 6) is 0.323. The maximum Gasteiger partial charge on any atom is 0.340 e. The minimum absolute atomic E-state index is 0.320. The highest BCUT2D eigenvalue weighted by Gasteiger charge is 2.12. The number of rotatable bonds is 4. The zero-order chi connectivity index (χ0) is 14.5. The summed E-state index contributed by atoms with van der Waals surface area (Å²) < 4.78 is 5.01. The van der Waals surface area contributed by atoms with Crippen LogP contribution in [0.1, 0.15) is 23.0 Å². The zero-order valence-corrected chi connectivity index (χ0v) is 11.4. The smallest absolute Gasteiger partial charge is 0.340 e. The van der Waals surface area contributed by atoms with Gasteiger partial charge in [0.2, 0.25) is 5.95 Å². The molecule has 0 aliphatic carbocycles. The van der Waals surface area contributed by atoms with Crippen LogP contribution in [0.25, 0.3) is 0 Å². The average molecular weight is 272 g/mol. The van der Waals surface area contributed by atoms with Crippen LogP contribution in [0, 0.1) is 6.92 Å². The molecular weight excluding hydrogens is 256 g/mol. The summed E-state index contributed by atoms with van der Waals surface area (Å²) in [6, 6.07) is 8.68. The molecule has 0 spiro atoms. The van der Waals surface area contributed by atoms with E-state index in [0.29, 0.717) is 29.6 Å². The highest BCUT2D eigenvalue weighted by atomic mass is 16.5. The van der Waals surface area contributed by atoms with Gasteiger partial charge in [-0.15, -0.1) is 0 Å². The van der Waals surface area contributed by atoms with Crippen LogP contribution in [-0.2, 0) is 4.74 Å². The van der Waals surface area contributed by atoms with Gasteiger partial charge in [0.05, 0.1) is 17.9 Å². The number of carbonyl (C=O) groups excluding carboxylic acids is 1. The lowest BCUT2D eigenvalue weighted by atomic mass is 10.2. The van der Waals surface area contributed by atoms with E-state index in [1.54, 1.807) is 31.2 Å². The molecule has 2 aromatic rings. The Labute approximate surface area is 117 Å². The fourth-order valence-corrected chi connectivity index (χ4v) is 1.75. The molecule has 0 aliphatic rings. The summed E-state index contributed by atoms with van der Waals surface area (Å²) in [6.07, 6.45) is 0. The molecule has 0 saturated heterocycles. The van der Waals surface area contributed by atoms with E-state index in [2.05, 4.69) is 15.3 Å². The highest BCUT2D eigenvalue weighted by molar-refractivity contribution is 5.96. The topological polar surface area (TPSA) is 90.1 Å². The van der Waals surface area contributed by atoms with Crippen molar-refractivity contribution in [3.8, 4) is 0 Å². The van der Waals surface area contributed by atoms with E-state index < -0.39 is 5.97 Å². The third-order valence-electron chi connectivity index (χ3n) is 2.54. The maximum atomic E-state index is 11.9. The number of para-hydroxylation sites is 1. The molecule has 104 valence electrons. The third-order valence-corrected chi connectivity index (χ3v) is 2.54. The van der Waals surface area contributed by atoms with Crippen LogP contribution in [0.2, 0.25) is 0 Å². The molecule has 2 rings (SSSR count). The first-order valence-corrected chi connectivity index (χ1v) is 6.24. The van der Waals surface area contributed by atoms with Crippen molar-refractivity contribution >= 4 is 23.4 Å². The number of anilines is 3. The lowest BCUT2D eigenvalue weighted by Crippen LogP contribution is -2.09. The number of carbonyl (C=O) groups is 1. The number of ether oxygens (including phenoxy) is 1. The second kappa shape index (κ2) is 6.01. The van der Waals surface area contributed by atoms with Gasteiger partial charge in [-0.3, -0.25) is 0 Å². The summed E-state index contributed by atoms with van der Waals surface area (Å²) in [5, 5.41) is 2.99. The van der Waals surface area contributed by atoms with Gasteiger partial charge in [-0.1, -0.05) is 12.1 Å². The summed E-state index contributed by atoms with van der Waals surface area (Å²) in [7, 11) is 0. The zero-order valence-electron chi connectivity index (χ0n) is 11.4. The normalized spacial score (nSPS) is 10.1. The van der Waals surface area contributed by atoms with E-state index >= 15 is 0 Å². The van der Waals surface area contributed by atoms with Crippen LogP contribution < -0.4 is 11.1 Å². The number of aromatic nitrogens is 2. The number of esters is 1. The van der Waals surface area contributed by atoms with Gasteiger partial charge >= 0.3 is 5.97 Å². The van der Waals surface area contributed by atoms with Gasteiger partial charge in [-0.25, -0.2) is 9.78 Å². The van der Waals surface area contributed by atoms with Crippen molar-refractivity contribution in [1.82, 2.24) is 9.97 Å². The molecule has 0 atom stereocenters. The van der Waals surface area contributed by atoms with E-state index in [0.717, 1.165) is 5.69 Å². The fraction of sp³-hybridized carbons (Fsp3) is 0.214. The molecule has 3 N–H and O–H groups in total. The fourth-order valence-electron chi connectivity index (χ4n) is 1.75. The molecule has 0 radical (unpaired) electrons. The maximum absolute atomic E-state index is 11.9. The molecule has 0 amide bonds. The Bertz CT molecular complexity index is 608. The van der Waals surface area contributed by atoms with Crippen molar-refractivity contribution in [2.45, 2.75) is 13.8 Å². The van der Waals surface area contributed by atoms with Gasteiger partial charge < -0.3 is 15.8 Å². The Kier molecular flexibility index (Phi) is 4.14. The molecule has 6 heteroatoms. The van der Waals surface area contributed by atoms with Crippen LogP contribution in [0.3, 0.4) is 0 Å². The minimum Gasteiger partial charge on any atom is -0.462 e. The lowest BCUT2D eigenvalue weighted by molar-refractivity contribution is 0.0527. The molecule has 0 fully saturated rings. The van der Waals surface area contributed by atoms with Crippen molar-refractivity contribution in [2.24, 2.45) is 0 Å². The van der Waals surface area contributed by atoms with Gasteiger partial charge in [0.15, 0.2) is 0 Å². The van der Waals surface area contributed by atoms with Gasteiger partial charge in [0.1, 0.15) is 5.82 Å². The first-order valence-electron chi connectivity index (χ1n) is 6.24. The number of benzene rings is 1. The van der Waals surface area contributed by atoms with Crippen LogP contribution >= 0.6 is 0 Å². The monoisotopic (exact) mass is 272 g/mol. The van der Waals surface area contributed by atoms with Crippen LogP contribution in [0.15, 0.2) is 30.3 Å². The molecule has 0 unspecified atom stereocenters. The van der Waals surface area contributed by atoms with E-state index in [9.17, 15) is 4.79 Å². The van der Waals surface area contributed by atoms with Gasteiger partial charge in [0, 0.05) is 11.8 Å². The number of hydrogen-bond acceptors (Lipinski definition) is 6. The number of nitrogens with two attached hydrogens (primary N) is 1. The van der Waals surface area contributed by atoms with Crippen molar-refractivity contribution < 1.29 is 9.53 Å². The van der Waals surface area contributed by atoms with E-state index in [4.69, 9.17) is 10.5 Å². The van der Waals surface area contributed by atoms with Gasteiger partial charge in [-0.2, -0.15) is 4.98 Å². The molecule has 6 nitrogen and oxygen atoms in total. The second-order valence-corrected chi connectivity index (χ2v) is 4.15. The van der Waals surface area contributed by atoms with E-state index in [1.807, 2.05) is 13.0 Å². The Balaban J connectivity index is 2.31. The number of nitrogen functional groups attached to an aromatic ring is 1. The third kappa shape index (κ3) is 3.23. The average Bonchev–Trinajstić information content (AvgIpc) is 2.38. The molecule has 1 aromatic heterocycles. The summed E-state index contributed by atoms with van der Waals surface area (Å²) in [4.78, 5) is 20.2. The Morgan fingerprint density at radius 1 is 1.35 bits per heavy atom. The molecule has 20 heavy (non-hydrogen) atoms. The van der Waals surface area contributed by atoms with E-state index in [-0.39, 0.29) is 0 Å². The van der Waals surface area contributed by atoms with Crippen molar-refractivity contribution in [1.29, 1.82) is 0 Å². The van der Waals surface area contributed by atoms with Gasteiger partial charge in [0.25, 0.3) is 0 Å². The first kappa shape index (κ1) is 13.8. The molecule has 1 heterocycles. The summed E-state index contributed by atoms with van der Waals surface area (Å²) >= 11 is 0. The molecule has 1 aromatic carbocycles. The van der Waals surface area contributed by atoms with Gasteiger partial charge in [-0.05, 0) is 26.0 Å². The molecule has 0 saturated carbocycles. The Hall–Kier alpha value is -2.63. The number of nitrogens with one attached hydrogen (secondary N) is 1. The number of nitrogens with zero attached hydrogens (tertiary/aromatic N) is 2. The summed E-state index contributed by atoms with van der Waals surface area (Å²) in [6.45, 7) is 3.90. The van der Waals surface area contributed by atoms with Crippen molar-refractivity contribution in [3.05, 3.63) is 41.6 Å². The molecule has 0 aliphatic heterocycles. The first-order chi connectivity index (χ1) is 9.60. The number of aryl methyl sites for hydroxylation is 1. The van der Waals surface area contributed by atoms with Crippen molar-refractivity contribution in [3.63, 3.8) is 0 Å². The van der Waals surface area contributed by atoms with Crippen LogP contribution in [0.4, 0.5) is 17.5 Å². The van der Waals surface area contributed by atoms with Crippen LogP contribution in [0.5, 0.6) is 0 Å². The SMILES string of the molecule is CCOC(=O)c1ccccc1Nc1nc(C)cc(N)n1. The standard InChI is InChI=1S/C14H16N4O2/c1-3-20-13(19)10-6-4-5-7-11(10)17-14-16-9(2)8-12(15)18-14/h4-8H,3H2,1-2H3,(H3,15,16,17,18). The summed E-state index contributed by atoms with van der Waals surface area (Å²) in [5.41, 5.74) is 7.43. The van der Waals surface area contributed by atoms with Crippen molar-refractivity contribution in [2.75, 3.05) is 17.7 Å². The molecule has 0 bridgehead atoms. The quantitative estimate of drug-likeness (QED) is 0.830. The Morgan fingerprint density at radius 2 is 2.10 bits per heavy atom. The number of hydrogen-bond donors (Lipinski definition) is 2. The lowest BCUT2D eigenvalue weighted by Gasteiger charge is -2.10. The Morgan fingerprint density at radius 3 is 2.80 bits per heavy atom. The predicted molar refractivity (Wildman–Crippen MR) is 76.9 cm³/mol. The van der Waals surface area contributed by atoms with Crippen LogP contribution in [-0.4, -0.2) is 22.5 Å². The highest BCUT2D eigenvalue weighted by Crippen LogP contribution is 2.20. The van der Waals surface area contributed by atoms with E-state index in [1.165, 1.54) is 0 Å². The molecular formula is C14H16N4O2.